The van der Waals surface area contributed by atoms with Gasteiger partial charge in [-0.3, -0.25) is 4.90 Å². The van der Waals surface area contributed by atoms with E-state index in [0.29, 0.717) is 6.54 Å². The SMILES string of the molecule is CCCC1CCN(C(=O)OC(C)(C)C)C1C(=O)OC. The summed E-state index contributed by atoms with van der Waals surface area (Å²) in [6.07, 6.45) is 2.30. The van der Waals surface area contributed by atoms with Crippen molar-refractivity contribution in [2.45, 2.75) is 58.6 Å². The summed E-state index contributed by atoms with van der Waals surface area (Å²) >= 11 is 0. The van der Waals surface area contributed by atoms with E-state index in [2.05, 4.69) is 6.92 Å². The van der Waals surface area contributed by atoms with Crippen molar-refractivity contribution in [3.05, 3.63) is 0 Å². The Bertz CT molecular complexity index is 335. The molecule has 5 heteroatoms. The number of hydrogen-bond acceptors (Lipinski definition) is 4. The zero-order valence-corrected chi connectivity index (χ0v) is 12.6. The van der Waals surface area contributed by atoms with Crippen LogP contribution < -0.4 is 0 Å². The van der Waals surface area contributed by atoms with Gasteiger partial charge < -0.3 is 9.47 Å². The minimum Gasteiger partial charge on any atom is -0.467 e. The van der Waals surface area contributed by atoms with Crippen LogP contribution in [0.1, 0.15) is 47.0 Å². The molecule has 0 saturated carbocycles. The lowest BCUT2D eigenvalue weighted by molar-refractivity contribution is -0.147. The van der Waals surface area contributed by atoms with E-state index < -0.39 is 17.7 Å². The first-order chi connectivity index (χ1) is 8.80. The molecule has 0 radical (unpaired) electrons. The number of carbonyl (C=O) groups is 2. The van der Waals surface area contributed by atoms with Crippen molar-refractivity contribution in [3.8, 4) is 0 Å². The smallest absolute Gasteiger partial charge is 0.411 e. The Morgan fingerprint density at radius 3 is 2.42 bits per heavy atom. The van der Waals surface area contributed by atoms with E-state index in [0.717, 1.165) is 19.3 Å². The van der Waals surface area contributed by atoms with Crippen LogP contribution in [-0.4, -0.2) is 42.3 Å². The zero-order chi connectivity index (χ0) is 14.6. The molecule has 0 N–H and O–H groups in total. The van der Waals surface area contributed by atoms with E-state index in [1.807, 2.05) is 20.8 Å². The van der Waals surface area contributed by atoms with Gasteiger partial charge in [-0.15, -0.1) is 0 Å². The fourth-order valence-electron chi connectivity index (χ4n) is 2.50. The normalized spacial score (nSPS) is 23.3. The predicted octanol–water partition coefficient (Wildman–Crippen LogP) is 2.59. The number of likely N-dealkylation sites (tertiary alicyclic amines) is 1. The molecule has 1 aliphatic rings. The van der Waals surface area contributed by atoms with Crippen LogP contribution in [-0.2, 0) is 14.3 Å². The molecule has 0 spiro atoms. The standard InChI is InChI=1S/C14H25NO4/c1-6-7-10-8-9-15(11(10)12(16)18-5)13(17)19-14(2,3)4/h10-11H,6-9H2,1-5H3. The van der Waals surface area contributed by atoms with E-state index in [1.165, 1.54) is 12.0 Å². The van der Waals surface area contributed by atoms with Crippen molar-refractivity contribution in [2.75, 3.05) is 13.7 Å². The van der Waals surface area contributed by atoms with E-state index in [1.54, 1.807) is 0 Å². The molecule has 2 unspecified atom stereocenters. The van der Waals surface area contributed by atoms with Crippen LogP contribution in [0, 0.1) is 5.92 Å². The van der Waals surface area contributed by atoms with Crippen LogP contribution in [0.5, 0.6) is 0 Å². The molecule has 1 amide bonds. The highest BCUT2D eigenvalue weighted by atomic mass is 16.6. The summed E-state index contributed by atoms with van der Waals surface area (Å²) in [6, 6.07) is -0.500. The molecule has 0 aromatic heterocycles. The Balaban J connectivity index is 2.81. The van der Waals surface area contributed by atoms with Crippen molar-refractivity contribution in [3.63, 3.8) is 0 Å². The first-order valence-electron chi connectivity index (χ1n) is 6.87. The van der Waals surface area contributed by atoms with Crippen LogP contribution in [0.3, 0.4) is 0 Å². The highest BCUT2D eigenvalue weighted by molar-refractivity contribution is 5.82. The van der Waals surface area contributed by atoms with E-state index in [4.69, 9.17) is 9.47 Å². The minimum atomic E-state index is -0.555. The van der Waals surface area contributed by atoms with Crippen LogP contribution in [0.15, 0.2) is 0 Å². The highest BCUT2D eigenvalue weighted by Crippen LogP contribution is 2.30. The molecule has 110 valence electrons. The summed E-state index contributed by atoms with van der Waals surface area (Å²) in [5, 5.41) is 0. The maximum absolute atomic E-state index is 12.1. The average molecular weight is 271 g/mol. The van der Waals surface area contributed by atoms with Crippen LogP contribution in [0.4, 0.5) is 4.79 Å². The molecule has 1 aliphatic heterocycles. The van der Waals surface area contributed by atoms with Crippen LogP contribution >= 0.6 is 0 Å². The second-order valence-electron chi connectivity index (χ2n) is 5.98. The third-order valence-electron chi connectivity index (χ3n) is 3.25. The van der Waals surface area contributed by atoms with E-state index in [9.17, 15) is 9.59 Å². The maximum atomic E-state index is 12.1. The van der Waals surface area contributed by atoms with Gasteiger partial charge in [0, 0.05) is 6.54 Å². The van der Waals surface area contributed by atoms with Gasteiger partial charge in [-0.25, -0.2) is 9.59 Å². The molecule has 1 heterocycles. The second kappa shape index (κ2) is 6.26. The number of methoxy groups -OCH3 is 1. The third kappa shape index (κ3) is 4.11. The zero-order valence-electron chi connectivity index (χ0n) is 12.6. The van der Waals surface area contributed by atoms with Crippen molar-refractivity contribution >= 4 is 12.1 Å². The molecule has 0 aromatic rings. The van der Waals surface area contributed by atoms with Gasteiger partial charge in [-0.1, -0.05) is 13.3 Å². The molecule has 1 saturated heterocycles. The van der Waals surface area contributed by atoms with Crippen molar-refractivity contribution in [2.24, 2.45) is 5.92 Å². The summed E-state index contributed by atoms with van der Waals surface area (Å²) < 4.78 is 10.2. The molecular weight excluding hydrogens is 246 g/mol. The number of esters is 1. The topological polar surface area (TPSA) is 55.8 Å². The van der Waals surface area contributed by atoms with Gasteiger partial charge in [0.05, 0.1) is 7.11 Å². The van der Waals surface area contributed by atoms with Crippen LogP contribution in [0.2, 0.25) is 0 Å². The molecule has 5 nitrogen and oxygen atoms in total. The molecule has 0 bridgehead atoms. The van der Waals surface area contributed by atoms with Gasteiger partial charge in [0.2, 0.25) is 0 Å². The summed E-state index contributed by atoms with van der Waals surface area (Å²) in [6.45, 7) is 8.08. The summed E-state index contributed by atoms with van der Waals surface area (Å²) in [4.78, 5) is 25.6. The van der Waals surface area contributed by atoms with E-state index >= 15 is 0 Å². The molecule has 1 rings (SSSR count). The molecular formula is C14H25NO4. The Morgan fingerprint density at radius 1 is 1.32 bits per heavy atom. The molecule has 0 aliphatic carbocycles. The number of carbonyl (C=O) groups excluding carboxylic acids is 2. The third-order valence-corrected chi connectivity index (χ3v) is 3.25. The number of rotatable bonds is 3. The van der Waals surface area contributed by atoms with Crippen molar-refractivity contribution in [1.29, 1.82) is 0 Å². The fraction of sp³-hybridized carbons (Fsp3) is 0.857. The Hall–Kier alpha value is -1.26. The first-order valence-corrected chi connectivity index (χ1v) is 6.87. The van der Waals surface area contributed by atoms with Gasteiger partial charge in [-0.2, -0.15) is 0 Å². The van der Waals surface area contributed by atoms with E-state index in [-0.39, 0.29) is 11.9 Å². The fourth-order valence-corrected chi connectivity index (χ4v) is 2.50. The minimum absolute atomic E-state index is 0.171. The van der Waals surface area contributed by atoms with Gasteiger partial charge in [-0.05, 0) is 39.5 Å². The lowest BCUT2D eigenvalue weighted by atomic mass is 9.95. The van der Waals surface area contributed by atoms with Crippen LogP contribution in [0.25, 0.3) is 0 Å². The molecule has 1 fully saturated rings. The van der Waals surface area contributed by atoms with Gasteiger partial charge >= 0.3 is 12.1 Å². The highest BCUT2D eigenvalue weighted by Gasteiger charge is 2.43. The lowest BCUT2D eigenvalue weighted by Crippen LogP contribution is -2.46. The first kappa shape index (κ1) is 15.8. The molecule has 0 aromatic carbocycles. The molecule has 2 atom stereocenters. The van der Waals surface area contributed by atoms with Crippen molar-refractivity contribution < 1.29 is 19.1 Å². The summed E-state index contributed by atoms with van der Waals surface area (Å²) in [5.41, 5.74) is -0.555. The maximum Gasteiger partial charge on any atom is 0.411 e. The Labute approximate surface area is 115 Å². The van der Waals surface area contributed by atoms with Gasteiger partial charge in [0.1, 0.15) is 11.6 Å². The van der Waals surface area contributed by atoms with Gasteiger partial charge in [0.25, 0.3) is 0 Å². The Kier molecular flexibility index (Phi) is 5.20. The number of ether oxygens (including phenoxy) is 2. The monoisotopic (exact) mass is 271 g/mol. The number of hydrogen-bond donors (Lipinski definition) is 0. The largest absolute Gasteiger partial charge is 0.467 e. The second-order valence-corrected chi connectivity index (χ2v) is 5.98. The predicted molar refractivity (Wildman–Crippen MR) is 71.8 cm³/mol. The number of nitrogens with zero attached hydrogens (tertiary/aromatic N) is 1. The quantitative estimate of drug-likeness (QED) is 0.740. The molecule has 19 heavy (non-hydrogen) atoms. The average Bonchev–Trinajstić information content (AvgIpc) is 2.70. The lowest BCUT2D eigenvalue weighted by Gasteiger charge is -2.29. The van der Waals surface area contributed by atoms with Gasteiger partial charge in [0.15, 0.2) is 0 Å². The summed E-state index contributed by atoms with van der Waals surface area (Å²) in [7, 11) is 1.36. The Morgan fingerprint density at radius 2 is 1.95 bits per heavy atom. The summed E-state index contributed by atoms with van der Waals surface area (Å²) in [5.74, 6) is -0.174. The number of amides is 1. The van der Waals surface area contributed by atoms with Crippen molar-refractivity contribution in [1.82, 2.24) is 4.90 Å².